The van der Waals surface area contributed by atoms with E-state index in [1.165, 1.54) is 23.1 Å². The molecular formula is C19H24N2O3S2. The molecule has 0 saturated carbocycles. The van der Waals surface area contributed by atoms with Crippen LogP contribution in [0.25, 0.3) is 0 Å². The Bertz CT molecular complexity index is 806. The smallest absolute Gasteiger partial charge is 0.264 e. The van der Waals surface area contributed by atoms with Crippen LogP contribution >= 0.6 is 11.8 Å². The maximum absolute atomic E-state index is 12.7. The second-order valence-electron chi connectivity index (χ2n) is 5.77. The van der Waals surface area contributed by atoms with Gasteiger partial charge in [-0.1, -0.05) is 31.5 Å². The van der Waals surface area contributed by atoms with Crippen LogP contribution in [0.15, 0.2) is 64.4 Å². The third-order valence-electron chi connectivity index (χ3n) is 3.82. The van der Waals surface area contributed by atoms with E-state index in [0.29, 0.717) is 18.0 Å². The molecular weight excluding hydrogens is 368 g/mol. The lowest BCUT2D eigenvalue weighted by Crippen LogP contribution is -2.26. The summed E-state index contributed by atoms with van der Waals surface area (Å²) in [6, 6.07) is 15.6. The number of sulfonamides is 1. The molecule has 2 rings (SSSR count). The lowest BCUT2D eigenvalue weighted by atomic mass is 10.3. The molecule has 140 valence electrons. The second kappa shape index (κ2) is 9.64. The van der Waals surface area contributed by atoms with Gasteiger partial charge in [-0.25, -0.2) is 8.42 Å². The molecule has 5 nitrogen and oxygen atoms in total. The van der Waals surface area contributed by atoms with Crippen molar-refractivity contribution in [1.29, 1.82) is 0 Å². The molecule has 26 heavy (non-hydrogen) atoms. The fourth-order valence-corrected chi connectivity index (χ4v) is 4.17. The quantitative estimate of drug-likeness (QED) is 0.524. The molecule has 0 atom stereocenters. The largest absolute Gasteiger partial charge is 0.355 e. The normalized spacial score (nSPS) is 11.2. The number of carbonyl (C=O) groups excluding carboxylic acids is 1. The number of anilines is 1. The maximum atomic E-state index is 12.7. The minimum absolute atomic E-state index is 0.0102. The Morgan fingerprint density at radius 3 is 2.35 bits per heavy atom. The van der Waals surface area contributed by atoms with Crippen LogP contribution in [-0.4, -0.2) is 33.7 Å². The van der Waals surface area contributed by atoms with Crippen LogP contribution in [0.5, 0.6) is 0 Å². The third-order valence-corrected chi connectivity index (χ3v) is 6.64. The van der Waals surface area contributed by atoms with Crippen LogP contribution in [-0.2, 0) is 14.8 Å². The molecule has 0 fully saturated rings. The first-order chi connectivity index (χ1) is 12.4. The van der Waals surface area contributed by atoms with E-state index < -0.39 is 10.0 Å². The van der Waals surface area contributed by atoms with Crippen molar-refractivity contribution in [3.8, 4) is 0 Å². The highest BCUT2D eigenvalue weighted by Crippen LogP contribution is 2.24. The molecule has 0 spiro atoms. The van der Waals surface area contributed by atoms with Crippen molar-refractivity contribution in [1.82, 2.24) is 5.32 Å². The van der Waals surface area contributed by atoms with Gasteiger partial charge in [-0.3, -0.25) is 9.10 Å². The summed E-state index contributed by atoms with van der Waals surface area (Å²) < 4.78 is 26.7. The molecule has 0 radical (unpaired) electrons. The summed E-state index contributed by atoms with van der Waals surface area (Å²) in [4.78, 5) is 12.8. The minimum Gasteiger partial charge on any atom is -0.355 e. The summed E-state index contributed by atoms with van der Waals surface area (Å²) in [5, 5.41) is 2.86. The van der Waals surface area contributed by atoms with Gasteiger partial charge in [-0.05, 0) is 42.8 Å². The number of nitrogens with one attached hydrogen (secondary N) is 1. The molecule has 2 aromatic rings. The van der Waals surface area contributed by atoms with Crippen molar-refractivity contribution in [3.63, 3.8) is 0 Å². The Kier molecular flexibility index (Phi) is 7.53. The molecule has 0 saturated heterocycles. The van der Waals surface area contributed by atoms with Crippen molar-refractivity contribution in [2.24, 2.45) is 0 Å². The number of carbonyl (C=O) groups is 1. The highest BCUT2D eigenvalue weighted by molar-refractivity contribution is 8.00. The van der Waals surface area contributed by atoms with E-state index in [1.54, 1.807) is 48.5 Å². The van der Waals surface area contributed by atoms with Gasteiger partial charge in [0.15, 0.2) is 0 Å². The minimum atomic E-state index is -3.61. The third kappa shape index (κ3) is 5.51. The zero-order valence-electron chi connectivity index (χ0n) is 15.0. The Balaban J connectivity index is 1.99. The van der Waals surface area contributed by atoms with Crippen LogP contribution in [0.2, 0.25) is 0 Å². The summed E-state index contributed by atoms with van der Waals surface area (Å²) in [5.74, 6) is 0.309. The SMILES string of the molecule is CCCCNC(=O)CSc1ccc(S(=O)(=O)N(C)c2ccccc2)cc1. The number of amides is 1. The van der Waals surface area contributed by atoms with Gasteiger partial charge in [0.1, 0.15) is 0 Å². The van der Waals surface area contributed by atoms with Crippen molar-refractivity contribution in [2.45, 2.75) is 29.6 Å². The summed E-state index contributed by atoms with van der Waals surface area (Å²) in [5.41, 5.74) is 0.606. The molecule has 2 aromatic carbocycles. The van der Waals surface area contributed by atoms with E-state index >= 15 is 0 Å². The highest BCUT2D eigenvalue weighted by atomic mass is 32.2. The van der Waals surface area contributed by atoms with Gasteiger partial charge in [0, 0.05) is 18.5 Å². The predicted molar refractivity (Wildman–Crippen MR) is 107 cm³/mol. The van der Waals surface area contributed by atoms with E-state index in [-0.39, 0.29) is 10.8 Å². The van der Waals surface area contributed by atoms with Crippen molar-refractivity contribution < 1.29 is 13.2 Å². The molecule has 0 unspecified atom stereocenters. The van der Waals surface area contributed by atoms with Gasteiger partial charge >= 0.3 is 0 Å². The summed E-state index contributed by atoms with van der Waals surface area (Å²) in [6.07, 6.45) is 2.01. The predicted octanol–water partition coefficient (Wildman–Crippen LogP) is 3.52. The lowest BCUT2D eigenvalue weighted by molar-refractivity contribution is -0.118. The zero-order valence-corrected chi connectivity index (χ0v) is 16.6. The molecule has 0 aromatic heterocycles. The van der Waals surface area contributed by atoms with Gasteiger partial charge in [-0.2, -0.15) is 0 Å². The lowest BCUT2D eigenvalue weighted by Gasteiger charge is -2.19. The number of unbranched alkanes of at least 4 members (excludes halogenated alkanes) is 1. The standard InChI is InChI=1S/C19H24N2O3S2/c1-3-4-14-20-19(22)15-25-17-10-12-18(13-11-17)26(23,24)21(2)16-8-6-5-7-9-16/h5-13H,3-4,14-15H2,1-2H3,(H,20,22). The Morgan fingerprint density at radius 2 is 1.73 bits per heavy atom. The van der Waals surface area contributed by atoms with E-state index in [4.69, 9.17) is 0 Å². The Morgan fingerprint density at radius 1 is 1.08 bits per heavy atom. The van der Waals surface area contributed by atoms with Crippen molar-refractivity contribution in [3.05, 3.63) is 54.6 Å². The van der Waals surface area contributed by atoms with E-state index in [9.17, 15) is 13.2 Å². The fourth-order valence-electron chi connectivity index (χ4n) is 2.25. The summed E-state index contributed by atoms with van der Waals surface area (Å²) in [6.45, 7) is 2.77. The van der Waals surface area contributed by atoms with Gasteiger partial charge in [-0.15, -0.1) is 11.8 Å². The van der Waals surface area contributed by atoms with Gasteiger partial charge < -0.3 is 5.32 Å². The highest BCUT2D eigenvalue weighted by Gasteiger charge is 2.21. The summed E-state index contributed by atoms with van der Waals surface area (Å²) in [7, 11) is -2.07. The number of benzene rings is 2. The maximum Gasteiger partial charge on any atom is 0.264 e. The Hall–Kier alpha value is -1.99. The van der Waals surface area contributed by atoms with Crippen LogP contribution in [0.4, 0.5) is 5.69 Å². The molecule has 1 amide bonds. The van der Waals surface area contributed by atoms with Gasteiger partial charge in [0.05, 0.1) is 16.3 Å². The molecule has 1 N–H and O–H groups in total. The number of hydrogen-bond acceptors (Lipinski definition) is 4. The second-order valence-corrected chi connectivity index (χ2v) is 8.79. The molecule has 0 aliphatic carbocycles. The van der Waals surface area contributed by atoms with Crippen LogP contribution < -0.4 is 9.62 Å². The number of rotatable bonds is 9. The van der Waals surface area contributed by atoms with Crippen molar-refractivity contribution in [2.75, 3.05) is 23.7 Å². The van der Waals surface area contributed by atoms with E-state index in [2.05, 4.69) is 12.2 Å². The topological polar surface area (TPSA) is 66.5 Å². The first kappa shape index (κ1) is 20.3. The molecule has 7 heteroatoms. The summed E-state index contributed by atoms with van der Waals surface area (Å²) >= 11 is 1.39. The average molecular weight is 393 g/mol. The van der Waals surface area contributed by atoms with Crippen LogP contribution in [0.3, 0.4) is 0 Å². The van der Waals surface area contributed by atoms with Crippen LogP contribution in [0.1, 0.15) is 19.8 Å². The fraction of sp³-hybridized carbons (Fsp3) is 0.316. The number of thioether (sulfide) groups is 1. The van der Waals surface area contributed by atoms with E-state index in [1.807, 2.05) is 6.07 Å². The van der Waals surface area contributed by atoms with Crippen molar-refractivity contribution >= 4 is 33.4 Å². The zero-order chi connectivity index (χ0) is 19.0. The first-order valence-corrected chi connectivity index (χ1v) is 10.9. The van der Waals surface area contributed by atoms with Gasteiger partial charge in [0.2, 0.25) is 5.91 Å². The number of hydrogen-bond donors (Lipinski definition) is 1. The molecule has 0 aliphatic heterocycles. The molecule has 0 heterocycles. The van der Waals surface area contributed by atoms with Crippen LogP contribution in [0, 0.1) is 0 Å². The van der Waals surface area contributed by atoms with Gasteiger partial charge in [0.25, 0.3) is 10.0 Å². The number of nitrogens with zero attached hydrogens (tertiary/aromatic N) is 1. The average Bonchev–Trinajstić information content (AvgIpc) is 2.67. The number of para-hydroxylation sites is 1. The molecule has 0 aliphatic rings. The monoisotopic (exact) mass is 392 g/mol. The van der Waals surface area contributed by atoms with E-state index in [0.717, 1.165) is 17.7 Å². The first-order valence-electron chi connectivity index (χ1n) is 8.48. The molecule has 0 bridgehead atoms. The Labute approximate surface area is 159 Å².